The van der Waals surface area contributed by atoms with Gasteiger partial charge >= 0.3 is 6.03 Å². The van der Waals surface area contributed by atoms with E-state index in [1.54, 1.807) is 6.07 Å². The Balaban J connectivity index is 1.44. The van der Waals surface area contributed by atoms with Gasteiger partial charge in [-0.1, -0.05) is 25.3 Å². The highest BCUT2D eigenvalue weighted by atomic mass is 19.2. The van der Waals surface area contributed by atoms with E-state index in [1.807, 2.05) is 4.90 Å². The predicted molar refractivity (Wildman–Crippen MR) is 88.6 cm³/mol. The molecule has 0 radical (unpaired) electrons. The van der Waals surface area contributed by atoms with Gasteiger partial charge in [-0.2, -0.15) is 0 Å². The lowest BCUT2D eigenvalue weighted by atomic mass is 9.96. The highest BCUT2D eigenvalue weighted by Gasteiger charge is 2.23. The zero-order chi connectivity index (χ0) is 16.9. The van der Waals surface area contributed by atoms with Gasteiger partial charge in [0.1, 0.15) is 0 Å². The summed E-state index contributed by atoms with van der Waals surface area (Å²) in [6.45, 7) is 3.41. The van der Waals surface area contributed by atoms with Gasteiger partial charge in [0.15, 0.2) is 11.6 Å². The molecule has 0 atom stereocenters. The summed E-state index contributed by atoms with van der Waals surface area (Å²) in [6.07, 6.45) is 5.85. The maximum Gasteiger partial charge on any atom is 0.317 e. The van der Waals surface area contributed by atoms with Crippen LogP contribution in [0.4, 0.5) is 13.6 Å². The molecule has 1 aromatic carbocycles. The molecule has 1 aliphatic carbocycles. The fourth-order valence-electron chi connectivity index (χ4n) is 3.52. The van der Waals surface area contributed by atoms with E-state index in [0.29, 0.717) is 25.7 Å². The summed E-state index contributed by atoms with van der Waals surface area (Å²) in [6, 6.07) is 4.39. The second-order valence-corrected chi connectivity index (χ2v) is 6.80. The number of nitrogens with one attached hydrogen (secondary N) is 1. The topological polar surface area (TPSA) is 35.6 Å². The molecule has 0 bridgehead atoms. The largest absolute Gasteiger partial charge is 0.335 e. The quantitative estimate of drug-likeness (QED) is 0.920. The number of carbonyl (C=O) groups excluding carboxylic acids is 1. The van der Waals surface area contributed by atoms with E-state index in [1.165, 1.54) is 31.4 Å². The van der Waals surface area contributed by atoms with E-state index in [0.717, 1.165) is 31.5 Å². The average Bonchev–Trinajstić information content (AvgIpc) is 2.60. The number of hydrogen-bond donors (Lipinski definition) is 1. The van der Waals surface area contributed by atoms with Crippen molar-refractivity contribution in [2.75, 3.05) is 26.2 Å². The fraction of sp³-hybridized carbons (Fsp3) is 0.611. The molecule has 3 rings (SSSR count). The van der Waals surface area contributed by atoms with Crippen LogP contribution in [0.3, 0.4) is 0 Å². The Kier molecular flexibility index (Phi) is 5.66. The Hall–Kier alpha value is -1.69. The van der Waals surface area contributed by atoms with Crippen LogP contribution in [0.2, 0.25) is 0 Å². The van der Waals surface area contributed by atoms with Crippen molar-refractivity contribution in [3.63, 3.8) is 0 Å². The number of benzene rings is 1. The summed E-state index contributed by atoms with van der Waals surface area (Å²) < 4.78 is 26.2. The van der Waals surface area contributed by atoms with Crippen LogP contribution in [-0.4, -0.2) is 48.1 Å². The number of nitrogens with zero attached hydrogens (tertiary/aromatic N) is 2. The summed E-state index contributed by atoms with van der Waals surface area (Å²) in [5.74, 6) is -1.62. The van der Waals surface area contributed by atoms with Crippen LogP contribution in [0.25, 0.3) is 0 Å². The number of piperazine rings is 1. The van der Waals surface area contributed by atoms with Crippen LogP contribution in [0.15, 0.2) is 18.2 Å². The molecular weight excluding hydrogens is 312 g/mol. The Labute approximate surface area is 141 Å². The molecule has 1 aromatic rings. The normalized spacial score (nSPS) is 20.2. The second kappa shape index (κ2) is 7.92. The third kappa shape index (κ3) is 4.44. The maximum absolute atomic E-state index is 13.3. The summed E-state index contributed by atoms with van der Waals surface area (Å²) in [5, 5.41) is 3.14. The lowest BCUT2D eigenvalue weighted by molar-refractivity contribution is 0.132. The molecule has 4 nitrogen and oxygen atoms in total. The molecule has 1 aliphatic heterocycles. The highest BCUT2D eigenvalue weighted by Crippen LogP contribution is 2.18. The van der Waals surface area contributed by atoms with E-state index in [2.05, 4.69) is 10.2 Å². The first-order chi connectivity index (χ1) is 11.6. The molecule has 24 heavy (non-hydrogen) atoms. The highest BCUT2D eigenvalue weighted by molar-refractivity contribution is 5.74. The standard InChI is InChI=1S/C18H25F2N3O/c19-16-7-6-14(12-17(16)20)13-22-8-10-23(11-9-22)18(24)21-15-4-2-1-3-5-15/h6-7,12,15H,1-5,8-11,13H2,(H,21,24). The SMILES string of the molecule is O=C(NC1CCCCC1)N1CCN(Cc2ccc(F)c(F)c2)CC1. The van der Waals surface area contributed by atoms with Gasteiger partial charge in [0, 0.05) is 38.8 Å². The second-order valence-electron chi connectivity index (χ2n) is 6.80. The van der Waals surface area contributed by atoms with E-state index in [-0.39, 0.29) is 6.03 Å². The summed E-state index contributed by atoms with van der Waals surface area (Å²) in [5.41, 5.74) is 0.758. The molecule has 1 N–H and O–H groups in total. The van der Waals surface area contributed by atoms with Gasteiger partial charge in [-0.05, 0) is 30.5 Å². The first-order valence-corrected chi connectivity index (χ1v) is 8.83. The number of carbonyl (C=O) groups is 1. The maximum atomic E-state index is 13.3. The predicted octanol–water partition coefficient (Wildman–Crippen LogP) is 3.12. The lowest BCUT2D eigenvalue weighted by Crippen LogP contribution is -2.53. The average molecular weight is 337 g/mol. The molecule has 1 saturated carbocycles. The van der Waals surface area contributed by atoms with Crippen molar-refractivity contribution in [1.29, 1.82) is 0 Å². The van der Waals surface area contributed by atoms with E-state index in [9.17, 15) is 13.6 Å². The van der Waals surface area contributed by atoms with Gasteiger partial charge in [0.05, 0.1) is 0 Å². The number of halogens is 2. The minimum Gasteiger partial charge on any atom is -0.335 e. The van der Waals surface area contributed by atoms with Crippen molar-refractivity contribution >= 4 is 6.03 Å². The Bertz CT molecular complexity index is 567. The smallest absolute Gasteiger partial charge is 0.317 e. The molecule has 2 amide bonds. The molecule has 0 unspecified atom stereocenters. The molecule has 1 heterocycles. The van der Waals surface area contributed by atoms with E-state index in [4.69, 9.17) is 0 Å². The summed E-state index contributed by atoms with van der Waals surface area (Å²) in [7, 11) is 0. The van der Waals surface area contributed by atoms with E-state index < -0.39 is 11.6 Å². The summed E-state index contributed by atoms with van der Waals surface area (Å²) in [4.78, 5) is 16.3. The van der Waals surface area contributed by atoms with Crippen molar-refractivity contribution in [3.05, 3.63) is 35.4 Å². The molecule has 0 aromatic heterocycles. The first kappa shape index (κ1) is 17.1. The van der Waals surface area contributed by atoms with Gasteiger partial charge in [0.2, 0.25) is 0 Å². The van der Waals surface area contributed by atoms with Gasteiger partial charge in [0.25, 0.3) is 0 Å². The minimum absolute atomic E-state index is 0.0365. The molecular formula is C18H25F2N3O. The van der Waals surface area contributed by atoms with Crippen molar-refractivity contribution < 1.29 is 13.6 Å². The summed E-state index contributed by atoms with van der Waals surface area (Å²) >= 11 is 0. The third-order valence-corrected chi connectivity index (χ3v) is 4.98. The van der Waals surface area contributed by atoms with Crippen LogP contribution in [0, 0.1) is 11.6 Å². The molecule has 1 saturated heterocycles. The molecule has 6 heteroatoms. The molecule has 132 valence electrons. The van der Waals surface area contributed by atoms with Gasteiger partial charge in [-0.15, -0.1) is 0 Å². The van der Waals surface area contributed by atoms with Crippen LogP contribution in [-0.2, 0) is 6.54 Å². The Morgan fingerprint density at radius 3 is 2.42 bits per heavy atom. The van der Waals surface area contributed by atoms with Crippen molar-refractivity contribution in [1.82, 2.24) is 15.1 Å². The molecule has 2 aliphatic rings. The van der Waals surface area contributed by atoms with Crippen LogP contribution >= 0.6 is 0 Å². The first-order valence-electron chi connectivity index (χ1n) is 8.83. The minimum atomic E-state index is -0.817. The molecule has 2 fully saturated rings. The lowest BCUT2D eigenvalue weighted by Gasteiger charge is -2.36. The number of urea groups is 1. The van der Waals surface area contributed by atoms with Crippen molar-refractivity contribution in [2.24, 2.45) is 0 Å². The Morgan fingerprint density at radius 1 is 1.04 bits per heavy atom. The van der Waals surface area contributed by atoms with E-state index >= 15 is 0 Å². The van der Waals surface area contributed by atoms with Crippen LogP contribution < -0.4 is 5.32 Å². The van der Waals surface area contributed by atoms with Crippen molar-refractivity contribution in [2.45, 2.75) is 44.7 Å². The zero-order valence-electron chi connectivity index (χ0n) is 13.9. The van der Waals surface area contributed by atoms with Crippen molar-refractivity contribution in [3.8, 4) is 0 Å². The number of amides is 2. The van der Waals surface area contributed by atoms with Gasteiger partial charge in [-0.3, -0.25) is 4.90 Å². The number of rotatable bonds is 3. The van der Waals surface area contributed by atoms with Crippen LogP contribution in [0.1, 0.15) is 37.7 Å². The van der Waals surface area contributed by atoms with Gasteiger partial charge in [-0.25, -0.2) is 13.6 Å². The Morgan fingerprint density at radius 2 is 1.75 bits per heavy atom. The van der Waals surface area contributed by atoms with Crippen LogP contribution in [0.5, 0.6) is 0 Å². The zero-order valence-corrected chi connectivity index (χ0v) is 13.9. The number of hydrogen-bond acceptors (Lipinski definition) is 2. The monoisotopic (exact) mass is 337 g/mol. The fourth-order valence-corrected chi connectivity index (χ4v) is 3.52. The molecule has 0 spiro atoms. The van der Waals surface area contributed by atoms with Gasteiger partial charge < -0.3 is 10.2 Å². The third-order valence-electron chi connectivity index (χ3n) is 4.98.